The van der Waals surface area contributed by atoms with E-state index in [4.69, 9.17) is 15.3 Å². The van der Waals surface area contributed by atoms with Crippen LogP contribution in [-0.2, 0) is 16.1 Å². The number of carbonyl (C=O) groups is 1. The Kier molecular flexibility index (Phi) is 4.71. The third-order valence-electron chi connectivity index (χ3n) is 2.11. The summed E-state index contributed by atoms with van der Waals surface area (Å²) in [6.45, 7) is 2.27. The van der Waals surface area contributed by atoms with Gasteiger partial charge in [0.05, 0.1) is 12.9 Å². The predicted molar refractivity (Wildman–Crippen MR) is 57.5 cm³/mol. The van der Waals surface area contributed by atoms with Gasteiger partial charge < -0.3 is 9.30 Å². The Morgan fingerprint density at radius 2 is 2.29 bits per heavy atom. The van der Waals surface area contributed by atoms with Gasteiger partial charge in [-0.05, 0) is 6.42 Å². The van der Waals surface area contributed by atoms with Crippen LogP contribution in [0.25, 0.3) is 0 Å². The molecule has 0 spiro atoms. The fourth-order valence-corrected chi connectivity index (χ4v) is 1.22. The van der Waals surface area contributed by atoms with Gasteiger partial charge in [-0.3, -0.25) is 4.79 Å². The number of hydrogen-bond acceptors (Lipinski definition) is 5. The summed E-state index contributed by atoms with van der Waals surface area (Å²) in [5, 5.41) is 17.5. The zero-order chi connectivity index (χ0) is 12.7. The van der Waals surface area contributed by atoms with Crippen LogP contribution in [0.4, 0.5) is 0 Å². The number of imidazole rings is 1. The molecule has 88 valence electrons. The molecule has 0 aliphatic heterocycles. The minimum absolute atomic E-state index is 0.0221. The first kappa shape index (κ1) is 12.7. The zero-order valence-corrected chi connectivity index (χ0v) is 9.51. The number of nitriles is 2. The second-order valence-corrected chi connectivity index (χ2v) is 3.37. The number of aromatic nitrogens is 2. The molecule has 1 aromatic rings. The Morgan fingerprint density at radius 1 is 1.53 bits per heavy atom. The summed E-state index contributed by atoms with van der Waals surface area (Å²) in [6.07, 6.45) is 3.04. The molecule has 0 fully saturated rings. The van der Waals surface area contributed by atoms with Crippen LogP contribution < -0.4 is 0 Å². The van der Waals surface area contributed by atoms with Crippen molar-refractivity contribution in [3.63, 3.8) is 0 Å². The van der Waals surface area contributed by atoms with Crippen molar-refractivity contribution < 1.29 is 9.53 Å². The molecule has 0 amide bonds. The number of hydrogen-bond donors (Lipinski definition) is 0. The quantitative estimate of drug-likeness (QED) is 0.557. The normalized spacial score (nSPS) is 9.35. The van der Waals surface area contributed by atoms with Crippen molar-refractivity contribution in [1.82, 2.24) is 9.55 Å². The van der Waals surface area contributed by atoms with Gasteiger partial charge >= 0.3 is 5.97 Å². The van der Waals surface area contributed by atoms with E-state index in [2.05, 4.69) is 4.98 Å². The predicted octanol–water partition coefficient (Wildman–Crippen LogP) is 0.970. The second kappa shape index (κ2) is 6.29. The lowest BCUT2D eigenvalue weighted by Gasteiger charge is -2.04. The SMILES string of the molecule is CCCCOC(=O)Cn1cnc(C#N)c1C#N. The fraction of sp³-hybridized carbons (Fsp3) is 0.455. The summed E-state index contributed by atoms with van der Waals surface area (Å²) < 4.78 is 6.26. The standard InChI is InChI=1S/C11H12N4O2/c1-2-3-4-17-11(16)7-15-8-14-9(5-12)10(15)6-13/h8H,2-4,7H2,1H3. The van der Waals surface area contributed by atoms with Gasteiger partial charge in [0.2, 0.25) is 0 Å². The summed E-state index contributed by atoms with van der Waals surface area (Å²) in [4.78, 5) is 15.1. The molecule has 0 aliphatic carbocycles. The first-order valence-corrected chi connectivity index (χ1v) is 5.23. The van der Waals surface area contributed by atoms with Gasteiger partial charge in [0.15, 0.2) is 11.4 Å². The van der Waals surface area contributed by atoms with Crippen LogP contribution in [0.15, 0.2) is 6.33 Å². The third kappa shape index (κ3) is 3.32. The number of nitrogens with zero attached hydrogens (tertiary/aromatic N) is 4. The van der Waals surface area contributed by atoms with Crippen molar-refractivity contribution in [3.8, 4) is 12.1 Å². The molecule has 0 atom stereocenters. The summed E-state index contributed by atoms with van der Waals surface area (Å²) in [5.41, 5.74) is 0.105. The molecule has 17 heavy (non-hydrogen) atoms. The number of ether oxygens (including phenoxy) is 1. The average molecular weight is 232 g/mol. The van der Waals surface area contributed by atoms with Gasteiger partial charge in [-0.2, -0.15) is 10.5 Å². The van der Waals surface area contributed by atoms with E-state index in [9.17, 15) is 4.79 Å². The second-order valence-electron chi connectivity index (χ2n) is 3.37. The first-order chi connectivity index (χ1) is 8.22. The molecule has 0 radical (unpaired) electrons. The highest BCUT2D eigenvalue weighted by molar-refractivity contribution is 5.69. The van der Waals surface area contributed by atoms with E-state index in [-0.39, 0.29) is 17.9 Å². The van der Waals surface area contributed by atoms with Crippen LogP contribution in [0.1, 0.15) is 31.2 Å². The van der Waals surface area contributed by atoms with Gasteiger partial charge in [0, 0.05) is 0 Å². The molecule has 0 aliphatic rings. The van der Waals surface area contributed by atoms with Gasteiger partial charge in [-0.1, -0.05) is 13.3 Å². The molecule has 1 rings (SSSR count). The molecular formula is C11H12N4O2. The van der Waals surface area contributed by atoms with E-state index in [1.54, 1.807) is 6.07 Å². The van der Waals surface area contributed by atoms with Crippen molar-refractivity contribution >= 4 is 5.97 Å². The highest BCUT2D eigenvalue weighted by Crippen LogP contribution is 2.05. The third-order valence-corrected chi connectivity index (χ3v) is 2.11. The van der Waals surface area contributed by atoms with E-state index >= 15 is 0 Å². The molecule has 0 saturated heterocycles. The van der Waals surface area contributed by atoms with Crippen LogP contribution in [0.5, 0.6) is 0 Å². The molecule has 6 nitrogen and oxygen atoms in total. The lowest BCUT2D eigenvalue weighted by molar-refractivity contribution is -0.144. The molecule has 0 N–H and O–H groups in total. The number of rotatable bonds is 5. The Morgan fingerprint density at radius 3 is 2.88 bits per heavy atom. The van der Waals surface area contributed by atoms with Crippen molar-refractivity contribution in [2.75, 3.05) is 6.61 Å². The minimum atomic E-state index is -0.433. The molecule has 0 bridgehead atoms. The number of unbranched alkanes of at least 4 members (excludes halogenated alkanes) is 1. The molecular weight excluding hydrogens is 220 g/mol. The van der Waals surface area contributed by atoms with E-state index in [0.29, 0.717) is 6.61 Å². The van der Waals surface area contributed by atoms with Crippen molar-refractivity contribution in [3.05, 3.63) is 17.7 Å². The highest BCUT2D eigenvalue weighted by Gasteiger charge is 2.13. The molecule has 6 heteroatoms. The fourth-order valence-electron chi connectivity index (χ4n) is 1.22. The highest BCUT2D eigenvalue weighted by atomic mass is 16.5. The summed E-state index contributed by atoms with van der Waals surface area (Å²) in [6, 6.07) is 3.62. The summed E-state index contributed by atoms with van der Waals surface area (Å²) in [7, 11) is 0. The molecule has 0 aromatic carbocycles. The lowest BCUT2D eigenvalue weighted by atomic mass is 10.3. The monoisotopic (exact) mass is 232 g/mol. The van der Waals surface area contributed by atoms with Crippen molar-refractivity contribution in [2.45, 2.75) is 26.3 Å². The van der Waals surface area contributed by atoms with E-state index in [1.165, 1.54) is 10.9 Å². The van der Waals surface area contributed by atoms with Crippen LogP contribution in [-0.4, -0.2) is 22.1 Å². The maximum atomic E-state index is 11.4. The largest absolute Gasteiger partial charge is 0.464 e. The molecule has 1 heterocycles. The number of esters is 1. The van der Waals surface area contributed by atoms with Gasteiger partial charge in [-0.15, -0.1) is 0 Å². The van der Waals surface area contributed by atoms with Crippen LogP contribution >= 0.6 is 0 Å². The molecule has 0 saturated carbocycles. The van der Waals surface area contributed by atoms with E-state index < -0.39 is 5.97 Å². The van der Waals surface area contributed by atoms with Crippen molar-refractivity contribution in [2.24, 2.45) is 0 Å². The van der Waals surface area contributed by atoms with E-state index in [0.717, 1.165) is 12.8 Å². The maximum Gasteiger partial charge on any atom is 0.326 e. The van der Waals surface area contributed by atoms with Gasteiger partial charge in [0.25, 0.3) is 0 Å². The zero-order valence-electron chi connectivity index (χ0n) is 9.51. The maximum absolute atomic E-state index is 11.4. The van der Waals surface area contributed by atoms with Crippen LogP contribution in [0.3, 0.4) is 0 Å². The Balaban J connectivity index is 2.64. The number of carbonyl (C=O) groups excluding carboxylic acids is 1. The van der Waals surface area contributed by atoms with E-state index in [1.807, 2.05) is 13.0 Å². The van der Waals surface area contributed by atoms with Gasteiger partial charge in [-0.25, -0.2) is 4.98 Å². The first-order valence-electron chi connectivity index (χ1n) is 5.23. The molecule has 0 unspecified atom stereocenters. The Labute approximate surface area is 99.0 Å². The van der Waals surface area contributed by atoms with Crippen LogP contribution in [0, 0.1) is 22.7 Å². The average Bonchev–Trinajstić information content (AvgIpc) is 2.71. The van der Waals surface area contributed by atoms with Crippen LogP contribution in [0.2, 0.25) is 0 Å². The summed E-state index contributed by atoms with van der Waals surface area (Å²) in [5.74, 6) is -0.433. The summed E-state index contributed by atoms with van der Waals surface area (Å²) >= 11 is 0. The Hall–Kier alpha value is -2.34. The topological polar surface area (TPSA) is 91.7 Å². The molecule has 1 aromatic heterocycles. The van der Waals surface area contributed by atoms with Crippen molar-refractivity contribution in [1.29, 1.82) is 10.5 Å². The lowest BCUT2D eigenvalue weighted by Crippen LogP contribution is -2.14. The minimum Gasteiger partial charge on any atom is -0.464 e. The van der Waals surface area contributed by atoms with Gasteiger partial charge in [0.1, 0.15) is 18.7 Å². The smallest absolute Gasteiger partial charge is 0.326 e. The Bertz CT molecular complexity index is 479.